The van der Waals surface area contributed by atoms with E-state index in [0.29, 0.717) is 12.1 Å². The van der Waals surface area contributed by atoms with Crippen molar-refractivity contribution in [3.63, 3.8) is 0 Å². The average molecular weight is 326 g/mol. The molecule has 0 radical (unpaired) electrons. The highest BCUT2D eigenvalue weighted by atomic mass is 19.1. The second kappa shape index (κ2) is 7.58. The maximum atomic E-state index is 13.2. The number of nitrogens with zero attached hydrogens (tertiary/aromatic N) is 1. The molecule has 1 amide bonds. The van der Waals surface area contributed by atoms with E-state index in [1.165, 1.54) is 23.3 Å². The topological polar surface area (TPSA) is 32.3 Å². The first-order valence-corrected chi connectivity index (χ1v) is 8.44. The number of carbonyl (C=O) groups is 1. The maximum absolute atomic E-state index is 13.2. The number of nitrogens with one attached hydrogen (secondary N) is 1. The minimum atomic E-state index is -0.305. The van der Waals surface area contributed by atoms with Crippen LogP contribution in [0.3, 0.4) is 0 Å². The van der Waals surface area contributed by atoms with Crippen molar-refractivity contribution in [2.24, 2.45) is 0 Å². The van der Waals surface area contributed by atoms with E-state index in [0.717, 1.165) is 19.5 Å². The van der Waals surface area contributed by atoms with E-state index < -0.39 is 0 Å². The third-order valence-electron chi connectivity index (χ3n) is 4.63. The van der Waals surface area contributed by atoms with Crippen LogP contribution in [0.15, 0.2) is 48.5 Å². The third-order valence-corrected chi connectivity index (χ3v) is 4.63. The molecule has 126 valence electrons. The minimum Gasteiger partial charge on any atom is -0.354 e. The Morgan fingerprint density at radius 1 is 1.21 bits per heavy atom. The second-order valence-corrected chi connectivity index (χ2v) is 6.45. The molecule has 1 heterocycles. The molecule has 2 aromatic carbocycles. The summed E-state index contributed by atoms with van der Waals surface area (Å²) in [6.45, 7) is 4.68. The van der Waals surface area contributed by atoms with Crippen LogP contribution in [0.5, 0.6) is 0 Å². The van der Waals surface area contributed by atoms with Crippen molar-refractivity contribution < 1.29 is 9.18 Å². The number of fused-ring (bicyclic) bond motifs is 1. The fourth-order valence-electron chi connectivity index (χ4n) is 3.18. The molecule has 0 aliphatic carbocycles. The Kier molecular flexibility index (Phi) is 5.26. The Morgan fingerprint density at radius 2 is 2.00 bits per heavy atom. The Labute approximate surface area is 142 Å². The molecule has 0 fully saturated rings. The van der Waals surface area contributed by atoms with Crippen LogP contribution >= 0.6 is 0 Å². The summed E-state index contributed by atoms with van der Waals surface area (Å²) in [6.07, 6.45) is 1.27. The normalized spacial score (nSPS) is 15.6. The van der Waals surface area contributed by atoms with E-state index in [-0.39, 0.29) is 24.2 Å². The molecule has 1 aliphatic rings. The number of amides is 1. The lowest BCUT2D eigenvalue weighted by molar-refractivity contribution is -0.120. The lowest BCUT2D eigenvalue weighted by Gasteiger charge is -2.33. The second-order valence-electron chi connectivity index (χ2n) is 6.45. The number of rotatable bonds is 5. The molecule has 0 aromatic heterocycles. The van der Waals surface area contributed by atoms with Crippen molar-refractivity contribution in [2.45, 2.75) is 32.4 Å². The summed E-state index contributed by atoms with van der Waals surface area (Å²) in [4.78, 5) is 14.5. The van der Waals surface area contributed by atoms with Crippen LogP contribution in [0.2, 0.25) is 0 Å². The van der Waals surface area contributed by atoms with Crippen molar-refractivity contribution in [1.29, 1.82) is 0 Å². The van der Waals surface area contributed by atoms with Crippen LogP contribution in [0.4, 0.5) is 4.39 Å². The molecule has 1 aliphatic heterocycles. The molecule has 3 nitrogen and oxygen atoms in total. The van der Waals surface area contributed by atoms with Gasteiger partial charge in [0.15, 0.2) is 0 Å². The van der Waals surface area contributed by atoms with Gasteiger partial charge in [-0.2, -0.15) is 0 Å². The molecule has 0 saturated carbocycles. The summed E-state index contributed by atoms with van der Waals surface area (Å²) in [5, 5.41) is 2.97. The number of hydrogen-bond donors (Lipinski definition) is 1. The van der Waals surface area contributed by atoms with Gasteiger partial charge in [0, 0.05) is 25.7 Å². The van der Waals surface area contributed by atoms with Gasteiger partial charge in [0.05, 0.1) is 6.42 Å². The van der Waals surface area contributed by atoms with Gasteiger partial charge in [-0.1, -0.05) is 36.4 Å². The van der Waals surface area contributed by atoms with Crippen molar-refractivity contribution in [3.8, 4) is 0 Å². The number of halogens is 1. The van der Waals surface area contributed by atoms with E-state index in [1.807, 2.05) is 0 Å². The van der Waals surface area contributed by atoms with Crippen molar-refractivity contribution in [2.75, 3.05) is 13.1 Å². The van der Waals surface area contributed by atoms with E-state index >= 15 is 0 Å². The summed E-state index contributed by atoms with van der Waals surface area (Å²) in [6, 6.07) is 15.0. The molecule has 2 aromatic rings. The predicted molar refractivity (Wildman–Crippen MR) is 93.1 cm³/mol. The van der Waals surface area contributed by atoms with E-state index in [4.69, 9.17) is 0 Å². The van der Waals surface area contributed by atoms with Gasteiger partial charge in [-0.3, -0.25) is 9.69 Å². The molecule has 0 spiro atoms. The molecular weight excluding hydrogens is 303 g/mol. The molecule has 1 N–H and O–H groups in total. The summed E-state index contributed by atoms with van der Waals surface area (Å²) < 4.78 is 13.2. The molecular formula is C20H23FN2O. The van der Waals surface area contributed by atoms with Crippen molar-refractivity contribution >= 4 is 5.91 Å². The zero-order chi connectivity index (χ0) is 16.9. The quantitative estimate of drug-likeness (QED) is 0.916. The molecule has 3 rings (SSSR count). The Balaban J connectivity index is 1.49. The van der Waals surface area contributed by atoms with E-state index in [2.05, 4.69) is 41.4 Å². The average Bonchev–Trinajstić information content (AvgIpc) is 2.59. The molecule has 1 unspecified atom stereocenters. The fraction of sp³-hybridized carbons (Fsp3) is 0.350. The lowest BCUT2D eigenvalue weighted by atomic mass is 9.99. The van der Waals surface area contributed by atoms with Crippen LogP contribution in [-0.2, 0) is 24.2 Å². The van der Waals surface area contributed by atoms with Gasteiger partial charge in [-0.25, -0.2) is 4.39 Å². The summed E-state index contributed by atoms with van der Waals surface area (Å²) in [5.74, 6) is -0.370. The number of hydrogen-bond acceptors (Lipinski definition) is 2. The highest BCUT2D eigenvalue weighted by Gasteiger charge is 2.20. The maximum Gasteiger partial charge on any atom is 0.224 e. The molecule has 1 atom stereocenters. The third kappa shape index (κ3) is 4.20. The van der Waals surface area contributed by atoms with Crippen LogP contribution < -0.4 is 5.32 Å². The standard InChI is InChI=1S/C20H23FN2O/c1-15(23-10-9-17-6-2-3-7-18(17)14-23)13-22-20(24)12-16-5-4-8-19(21)11-16/h2-8,11,15H,9-10,12-14H2,1H3,(H,22,24). The molecule has 4 heteroatoms. The van der Waals surface area contributed by atoms with E-state index in [1.54, 1.807) is 12.1 Å². The molecule has 24 heavy (non-hydrogen) atoms. The zero-order valence-electron chi connectivity index (χ0n) is 14.0. The smallest absolute Gasteiger partial charge is 0.224 e. The first-order valence-electron chi connectivity index (χ1n) is 8.44. The van der Waals surface area contributed by atoms with Gasteiger partial charge < -0.3 is 5.32 Å². The largest absolute Gasteiger partial charge is 0.354 e. The predicted octanol–water partition coefficient (Wildman–Crippen LogP) is 2.93. The SMILES string of the molecule is CC(CNC(=O)Cc1cccc(F)c1)N1CCc2ccccc2C1. The highest BCUT2D eigenvalue weighted by Crippen LogP contribution is 2.19. The van der Waals surface area contributed by atoms with Crippen LogP contribution in [0, 0.1) is 5.82 Å². The number of benzene rings is 2. The Hall–Kier alpha value is -2.20. The highest BCUT2D eigenvalue weighted by molar-refractivity contribution is 5.78. The summed E-state index contributed by atoms with van der Waals surface area (Å²) in [7, 11) is 0. The monoisotopic (exact) mass is 326 g/mol. The number of carbonyl (C=O) groups excluding carboxylic acids is 1. The summed E-state index contributed by atoms with van der Waals surface area (Å²) >= 11 is 0. The van der Waals surface area contributed by atoms with Gasteiger partial charge >= 0.3 is 0 Å². The fourth-order valence-corrected chi connectivity index (χ4v) is 3.18. The first kappa shape index (κ1) is 16.7. The van der Waals surface area contributed by atoms with Gasteiger partial charge in [0.1, 0.15) is 5.82 Å². The van der Waals surface area contributed by atoms with Crippen LogP contribution in [0.25, 0.3) is 0 Å². The molecule has 0 saturated heterocycles. The van der Waals surface area contributed by atoms with Gasteiger partial charge in [-0.15, -0.1) is 0 Å². The van der Waals surface area contributed by atoms with Crippen molar-refractivity contribution in [1.82, 2.24) is 10.2 Å². The van der Waals surface area contributed by atoms with E-state index in [9.17, 15) is 9.18 Å². The Morgan fingerprint density at radius 3 is 2.79 bits per heavy atom. The van der Waals surface area contributed by atoms with Gasteiger partial charge in [-0.05, 0) is 42.2 Å². The molecule has 0 bridgehead atoms. The first-order chi connectivity index (χ1) is 11.6. The van der Waals surface area contributed by atoms with Gasteiger partial charge in [0.2, 0.25) is 5.91 Å². The zero-order valence-corrected chi connectivity index (χ0v) is 14.0. The summed E-state index contributed by atoms with van der Waals surface area (Å²) in [5.41, 5.74) is 3.50. The van der Waals surface area contributed by atoms with Gasteiger partial charge in [0.25, 0.3) is 0 Å². The lowest BCUT2D eigenvalue weighted by Crippen LogP contribution is -2.44. The van der Waals surface area contributed by atoms with Crippen LogP contribution in [-0.4, -0.2) is 29.9 Å². The van der Waals surface area contributed by atoms with Crippen molar-refractivity contribution in [3.05, 3.63) is 71.0 Å². The van der Waals surface area contributed by atoms with Crippen LogP contribution in [0.1, 0.15) is 23.6 Å². The minimum absolute atomic E-state index is 0.0649. The Bertz CT molecular complexity index is 716.